The van der Waals surface area contributed by atoms with Crippen molar-refractivity contribution in [2.75, 3.05) is 20.8 Å². The van der Waals surface area contributed by atoms with Gasteiger partial charge >= 0.3 is 0 Å². The molecule has 1 aromatic heterocycles. The lowest BCUT2D eigenvalue weighted by atomic mass is 10.1. The highest BCUT2D eigenvalue weighted by Gasteiger charge is 2.16. The summed E-state index contributed by atoms with van der Waals surface area (Å²) >= 11 is 0. The lowest BCUT2D eigenvalue weighted by Gasteiger charge is -2.27. The molecule has 1 aromatic carbocycles. The summed E-state index contributed by atoms with van der Waals surface area (Å²) in [6.07, 6.45) is 3.56. The highest BCUT2D eigenvalue weighted by molar-refractivity contribution is 5.29. The van der Waals surface area contributed by atoms with Gasteiger partial charge in [-0.2, -0.15) is 0 Å². The van der Waals surface area contributed by atoms with Crippen LogP contribution >= 0.6 is 0 Å². The van der Waals surface area contributed by atoms with Crippen molar-refractivity contribution in [2.45, 2.75) is 12.6 Å². The highest BCUT2D eigenvalue weighted by Crippen LogP contribution is 2.23. The number of pyridine rings is 1. The summed E-state index contributed by atoms with van der Waals surface area (Å²) in [6, 6.07) is 11.7. The number of aromatic nitrogens is 1. The van der Waals surface area contributed by atoms with Crippen LogP contribution in [0, 0.1) is 0 Å². The molecule has 4 nitrogen and oxygen atoms in total. The molecule has 2 rings (SSSR count). The van der Waals surface area contributed by atoms with Crippen LogP contribution in [0.1, 0.15) is 17.2 Å². The third-order valence-corrected chi connectivity index (χ3v) is 3.39. The van der Waals surface area contributed by atoms with Gasteiger partial charge in [-0.3, -0.25) is 9.88 Å². The summed E-state index contributed by atoms with van der Waals surface area (Å²) in [7, 11) is 3.65. The molecule has 0 amide bonds. The normalized spacial score (nSPS) is 12.4. The molecule has 106 valence electrons. The Kier molecular flexibility index (Phi) is 5.09. The van der Waals surface area contributed by atoms with Crippen molar-refractivity contribution in [3.8, 4) is 5.75 Å². The van der Waals surface area contributed by atoms with Crippen LogP contribution in [0.5, 0.6) is 5.75 Å². The summed E-state index contributed by atoms with van der Waals surface area (Å²) < 4.78 is 5.16. The molecule has 0 spiro atoms. The van der Waals surface area contributed by atoms with Gasteiger partial charge in [0.1, 0.15) is 5.75 Å². The highest BCUT2D eigenvalue weighted by atomic mass is 16.5. The third kappa shape index (κ3) is 3.56. The van der Waals surface area contributed by atoms with E-state index in [9.17, 15) is 5.11 Å². The maximum absolute atomic E-state index is 9.67. The molecular weight excluding hydrogens is 252 g/mol. The Hall–Kier alpha value is -1.91. The molecule has 1 heterocycles. The van der Waals surface area contributed by atoms with E-state index in [4.69, 9.17) is 4.74 Å². The number of benzene rings is 1. The summed E-state index contributed by atoms with van der Waals surface area (Å²) in [5, 5.41) is 9.67. The molecular formula is C16H20N2O2. The van der Waals surface area contributed by atoms with Crippen LogP contribution in [-0.2, 0) is 6.54 Å². The number of aliphatic hydroxyl groups is 1. The minimum absolute atomic E-state index is 0.0333. The van der Waals surface area contributed by atoms with Crippen LogP contribution in [0.2, 0.25) is 0 Å². The van der Waals surface area contributed by atoms with Crippen LogP contribution in [-0.4, -0.2) is 35.8 Å². The number of methoxy groups -OCH3 is 1. The molecule has 20 heavy (non-hydrogen) atoms. The fourth-order valence-corrected chi connectivity index (χ4v) is 2.21. The van der Waals surface area contributed by atoms with Gasteiger partial charge in [0.2, 0.25) is 0 Å². The van der Waals surface area contributed by atoms with Gasteiger partial charge in [-0.15, -0.1) is 0 Å². The molecule has 0 aliphatic rings. The minimum Gasteiger partial charge on any atom is -0.497 e. The van der Waals surface area contributed by atoms with Gasteiger partial charge in [0.15, 0.2) is 0 Å². The van der Waals surface area contributed by atoms with E-state index in [1.54, 1.807) is 19.5 Å². The van der Waals surface area contributed by atoms with E-state index in [2.05, 4.69) is 9.88 Å². The van der Waals surface area contributed by atoms with Crippen molar-refractivity contribution >= 4 is 0 Å². The largest absolute Gasteiger partial charge is 0.497 e. The first kappa shape index (κ1) is 14.5. The Morgan fingerprint density at radius 1 is 1.15 bits per heavy atom. The average Bonchev–Trinajstić information content (AvgIpc) is 2.49. The molecule has 1 N–H and O–H groups in total. The van der Waals surface area contributed by atoms with Crippen molar-refractivity contribution in [1.82, 2.24) is 9.88 Å². The SMILES string of the molecule is COc1ccc([C@H](CO)N(C)Cc2ccncc2)cc1. The number of aliphatic hydroxyl groups excluding tert-OH is 1. The van der Waals surface area contributed by atoms with E-state index < -0.39 is 0 Å². The van der Waals surface area contributed by atoms with Crippen molar-refractivity contribution in [2.24, 2.45) is 0 Å². The molecule has 1 atom stereocenters. The first-order valence-corrected chi connectivity index (χ1v) is 6.58. The number of ether oxygens (including phenoxy) is 1. The molecule has 0 bridgehead atoms. The zero-order valence-electron chi connectivity index (χ0n) is 11.9. The number of nitrogens with zero attached hydrogens (tertiary/aromatic N) is 2. The maximum Gasteiger partial charge on any atom is 0.118 e. The molecule has 0 radical (unpaired) electrons. The van der Waals surface area contributed by atoms with Crippen LogP contribution in [0.25, 0.3) is 0 Å². The van der Waals surface area contributed by atoms with Crippen LogP contribution < -0.4 is 4.74 Å². The Balaban J connectivity index is 2.10. The van der Waals surface area contributed by atoms with Gasteiger partial charge < -0.3 is 9.84 Å². The predicted octanol–water partition coefficient (Wildman–Crippen LogP) is 2.26. The first-order valence-electron chi connectivity index (χ1n) is 6.58. The van der Waals surface area contributed by atoms with Gasteiger partial charge in [-0.1, -0.05) is 12.1 Å². The molecule has 0 aliphatic carbocycles. The fraction of sp³-hybridized carbons (Fsp3) is 0.312. The third-order valence-electron chi connectivity index (χ3n) is 3.39. The quantitative estimate of drug-likeness (QED) is 0.876. The fourth-order valence-electron chi connectivity index (χ4n) is 2.21. The molecule has 4 heteroatoms. The smallest absolute Gasteiger partial charge is 0.118 e. The van der Waals surface area contributed by atoms with E-state index in [0.717, 1.165) is 17.9 Å². The van der Waals surface area contributed by atoms with E-state index >= 15 is 0 Å². The first-order chi connectivity index (χ1) is 9.74. The van der Waals surface area contributed by atoms with Crippen LogP contribution in [0.3, 0.4) is 0 Å². The topological polar surface area (TPSA) is 45.6 Å². The molecule has 0 saturated carbocycles. The Labute approximate surface area is 119 Å². The summed E-state index contributed by atoms with van der Waals surface area (Å²) in [5.74, 6) is 0.822. The van der Waals surface area contributed by atoms with Gasteiger partial charge in [0.05, 0.1) is 19.8 Å². The average molecular weight is 272 g/mol. The molecule has 0 saturated heterocycles. The second kappa shape index (κ2) is 7.03. The number of rotatable bonds is 6. The lowest BCUT2D eigenvalue weighted by Crippen LogP contribution is -2.26. The van der Waals surface area contributed by atoms with Crippen molar-refractivity contribution in [1.29, 1.82) is 0 Å². The van der Waals surface area contributed by atoms with Crippen molar-refractivity contribution < 1.29 is 9.84 Å². The molecule has 0 unspecified atom stereocenters. The summed E-state index contributed by atoms with van der Waals surface area (Å²) in [4.78, 5) is 6.14. The monoisotopic (exact) mass is 272 g/mol. The maximum atomic E-state index is 9.67. The standard InChI is InChI=1S/C16H20N2O2/c1-18(11-13-7-9-17-10-8-13)16(12-19)14-3-5-15(20-2)6-4-14/h3-10,16,19H,11-12H2,1-2H3/t16-/m0/s1. The second-order valence-corrected chi connectivity index (χ2v) is 4.74. The Morgan fingerprint density at radius 3 is 2.35 bits per heavy atom. The van der Waals surface area contributed by atoms with Gasteiger partial charge in [-0.25, -0.2) is 0 Å². The van der Waals surface area contributed by atoms with Gasteiger partial charge in [0.25, 0.3) is 0 Å². The summed E-state index contributed by atoms with van der Waals surface area (Å²) in [5.41, 5.74) is 2.25. The van der Waals surface area contributed by atoms with Gasteiger partial charge in [-0.05, 0) is 42.4 Å². The van der Waals surface area contributed by atoms with E-state index in [1.807, 2.05) is 43.4 Å². The molecule has 0 fully saturated rings. The zero-order chi connectivity index (χ0) is 14.4. The molecule has 2 aromatic rings. The molecule has 0 aliphatic heterocycles. The summed E-state index contributed by atoms with van der Waals surface area (Å²) in [6.45, 7) is 0.841. The van der Waals surface area contributed by atoms with Crippen LogP contribution in [0.15, 0.2) is 48.8 Å². The van der Waals surface area contributed by atoms with E-state index in [1.165, 1.54) is 5.56 Å². The van der Waals surface area contributed by atoms with Crippen LogP contribution in [0.4, 0.5) is 0 Å². The Bertz CT molecular complexity index is 514. The van der Waals surface area contributed by atoms with Crippen molar-refractivity contribution in [3.05, 3.63) is 59.9 Å². The van der Waals surface area contributed by atoms with Gasteiger partial charge in [0, 0.05) is 18.9 Å². The van der Waals surface area contributed by atoms with Crippen molar-refractivity contribution in [3.63, 3.8) is 0 Å². The number of hydrogen-bond donors (Lipinski definition) is 1. The second-order valence-electron chi connectivity index (χ2n) is 4.74. The number of hydrogen-bond acceptors (Lipinski definition) is 4. The minimum atomic E-state index is -0.0333. The Morgan fingerprint density at radius 2 is 1.80 bits per heavy atom. The van der Waals surface area contributed by atoms with E-state index in [-0.39, 0.29) is 12.6 Å². The lowest BCUT2D eigenvalue weighted by molar-refractivity contribution is 0.142. The predicted molar refractivity (Wildman–Crippen MR) is 78.5 cm³/mol. The van der Waals surface area contributed by atoms with E-state index in [0.29, 0.717) is 0 Å². The number of likely N-dealkylation sites (N-methyl/N-ethyl adjacent to an activating group) is 1. The zero-order valence-corrected chi connectivity index (χ0v) is 11.9.